The van der Waals surface area contributed by atoms with Crippen LogP contribution in [0.1, 0.15) is 34.9 Å². The van der Waals surface area contributed by atoms with Crippen molar-refractivity contribution < 1.29 is 13.2 Å². The van der Waals surface area contributed by atoms with Crippen molar-refractivity contribution >= 4 is 54.8 Å². The van der Waals surface area contributed by atoms with Crippen LogP contribution in [0.5, 0.6) is 0 Å². The lowest BCUT2D eigenvalue weighted by molar-refractivity contribution is -0.133. The fourth-order valence-electron chi connectivity index (χ4n) is 4.33. The third kappa shape index (κ3) is 4.64. The molecule has 1 aliphatic heterocycles. The summed E-state index contributed by atoms with van der Waals surface area (Å²) in [5.74, 6) is -0.181. The Morgan fingerprint density at radius 3 is 2.45 bits per heavy atom. The van der Waals surface area contributed by atoms with Crippen LogP contribution in [0.3, 0.4) is 0 Å². The summed E-state index contributed by atoms with van der Waals surface area (Å²) in [4.78, 5) is 16.9. The molecule has 1 saturated carbocycles. The second-order valence-electron chi connectivity index (χ2n) is 8.33. The number of nitrogens with zero attached hydrogens (tertiary/aromatic N) is 2. The molecular weight excluding hydrogens is 544 g/mol. The lowest BCUT2D eigenvalue weighted by atomic mass is 9.93. The molecular formula is C24H22BrClN2O3S2. The molecule has 1 aliphatic carbocycles. The molecule has 2 heterocycles. The molecule has 1 atom stereocenters. The second-order valence-corrected chi connectivity index (χ2v) is 12.6. The summed E-state index contributed by atoms with van der Waals surface area (Å²) in [6, 6.07) is 15.8. The Labute approximate surface area is 211 Å². The lowest BCUT2D eigenvalue weighted by Crippen LogP contribution is -2.47. The molecule has 172 valence electrons. The monoisotopic (exact) mass is 564 g/mol. The highest BCUT2D eigenvalue weighted by atomic mass is 79.9. The normalized spacial score (nSPS) is 18.4. The van der Waals surface area contributed by atoms with Gasteiger partial charge in [0.15, 0.2) is 0 Å². The summed E-state index contributed by atoms with van der Waals surface area (Å²) in [5, 5.41) is 2.69. The molecule has 3 aromatic rings. The molecule has 2 aromatic carbocycles. The molecule has 33 heavy (non-hydrogen) atoms. The van der Waals surface area contributed by atoms with Crippen molar-refractivity contribution in [3.05, 3.63) is 85.5 Å². The molecule has 0 bridgehead atoms. The quantitative estimate of drug-likeness (QED) is 0.397. The van der Waals surface area contributed by atoms with Gasteiger partial charge in [-0.1, -0.05) is 39.7 Å². The van der Waals surface area contributed by atoms with Crippen molar-refractivity contribution in [3.8, 4) is 0 Å². The van der Waals surface area contributed by atoms with Gasteiger partial charge in [0.05, 0.1) is 17.5 Å². The van der Waals surface area contributed by atoms with E-state index in [1.807, 2.05) is 29.2 Å². The molecule has 2 aliphatic rings. The van der Waals surface area contributed by atoms with Crippen molar-refractivity contribution in [1.29, 1.82) is 0 Å². The number of benzene rings is 2. The number of amides is 1. The zero-order chi connectivity index (χ0) is 23.2. The van der Waals surface area contributed by atoms with E-state index < -0.39 is 10.0 Å². The van der Waals surface area contributed by atoms with E-state index in [2.05, 4.69) is 27.4 Å². The van der Waals surface area contributed by atoms with Crippen LogP contribution in [-0.4, -0.2) is 42.7 Å². The predicted octanol–water partition coefficient (Wildman–Crippen LogP) is 5.49. The number of thiophene rings is 1. The first-order chi connectivity index (χ1) is 15.8. The maximum atomic E-state index is 13.6. The first-order valence-electron chi connectivity index (χ1n) is 10.7. The zero-order valence-electron chi connectivity index (χ0n) is 17.7. The average molecular weight is 566 g/mol. The maximum Gasteiger partial charge on any atom is 0.243 e. The molecule has 0 saturated heterocycles. The van der Waals surface area contributed by atoms with E-state index in [0.717, 1.165) is 34.9 Å². The molecule has 1 unspecified atom stereocenters. The zero-order valence-corrected chi connectivity index (χ0v) is 21.6. The molecule has 5 nitrogen and oxygen atoms in total. The Balaban J connectivity index is 1.46. The molecule has 1 fully saturated rings. The first-order valence-corrected chi connectivity index (χ1v) is 14.2. The number of hydrogen-bond donors (Lipinski definition) is 0. The summed E-state index contributed by atoms with van der Waals surface area (Å²) in [7, 11) is -3.78. The van der Waals surface area contributed by atoms with Crippen LogP contribution in [0.4, 0.5) is 0 Å². The van der Waals surface area contributed by atoms with Crippen molar-refractivity contribution in [2.75, 3.05) is 13.1 Å². The molecule has 0 spiro atoms. The fourth-order valence-corrected chi connectivity index (χ4v) is 7.26. The van der Waals surface area contributed by atoms with E-state index >= 15 is 0 Å². The molecule has 9 heteroatoms. The highest BCUT2D eigenvalue weighted by Gasteiger charge is 2.41. The lowest BCUT2D eigenvalue weighted by Gasteiger charge is -2.37. The van der Waals surface area contributed by atoms with Crippen molar-refractivity contribution in [2.24, 2.45) is 0 Å². The summed E-state index contributed by atoms with van der Waals surface area (Å²) < 4.78 is 29.0. The Kier molecular flexibility index (Phi) is 6.39. The van der Waals surface area contributed by atoms with Gasteiger partial charge in [0, 0.05) is 27.0 Å². The van der Waals surface area contributed by atoms with Gasteiger partial charge in [-0.3, -0.25) is 4.79 Å². The van der Waals surface area contributed by atoms with Gasteiger partial charge < -0.3 is 4.90 Å². The van der Waals surface area contributed by atoms with E-state index in [-0.39, 0.29) is 29.4 Å². The van der Waals surface area contributed by atoms with Crippen molar-refractivity contribution in [3.63, 3.8) is 0 Å². The van der Waals surface area contributed by atoms with Gasteiger partial charge in [-0.2, -0.15) is 4.31 Å². The van der Waals surface area contributed by atoms with Gasteiger partial charge in [0.2, 0.25) is 15.9 Å². The summed E-state index contributed by atoms with van der Waals surface area (Å²) in [6.07, 6.45) is 2.32. The summed E-state index contributed by atoms with van der Waals surface area (Å²) in [5.41, 5.74) is 2.08. The predicted molar refractivity (Wildman–Crippen MR) is 134 cm³/mol. The molecule has 1 aromatic heterocycles. The van der Waals surface area contributed by atoms with Gasteiger partial charge in [0.25, 0.3) is 0 Å². The first kappa shape index (κ1) is 23.1. The summed E-state index contributed by atoms with van der Waals surface area (Å²) in [6.45, 7) is 0.392. The van der Waals surface area contributed by atoms with Gasteiger partial charge in [0.1, 0.15) is 0 Å². The number of rotatable bonds is 6. The minimum Gasteiger partial charge on any atom is -0.330 e. The van der Waals surface area contributed by atoms with E-state index in [1.165, 1.54) is 9.18 Å². The Morgan fingerprint density at radius 1 is 1.09 bits per heavy atom. The maximum absolute atomic E-state index is 13.6. The third-order valence-electron chi connectivity index (χ3n) is 6.14. The molecule has 5 rings (SSSR count). The number of sulfonamides is 1. The Bertz CT molecular complexity index is 1270. The number of hydrogen-bond acceptors (Lipinski definition) is 4. The smallest absolute Gasteiger partial charge is 0.243 e. The number of fused-ring (bicyclic) bond motifs is 1. The van der Waals surface area contributed by atoms with Gasteiger partial charge in [-0.15, -0.1) is 11.3 Å². The molecule has 1 amide bonds. The fraction of sp³-hybridized carbons (Fsp3) is 0.292. The van der Waals surface area contributed by atoms with Crippen molar-refractivity contribution in [1.82, 2.24) is 9.21 Å². The van der Waals surface area contributed by atoms with E-state index in [9.17, 15) is 13.2 Å². The standard InChI is InChI=1S/C24H22BrClN2O3S2/c25-17-3-9-20(10-4-17)33(30,31)28(19-7-8-19)15-23(29)27-13-11-22-21(12-14-32-22)24(27)16-1-5-18(26)6-2-16/h1-6,9-10,12,14,19,24H,7-8,11,13,15H2. The SMILES string of the molecule is O=C(CN(C1CC1)S(=O)(=O)c1ccc(Br)cc1)N1CCc2sccc2C1c1ccc(Cl)cc1. The third-order valence-corrected chi connectivity index (χ3v) is 9.83. The highest BCUT2D eigenvalue weighted by Crippen LogP contribution is 2.39. The minimum atomic E-state index is -3.78. The largest absolute Gasteiger partial charge is 0.330 e. The highest BCUT2D eigenvalue weighted by molar-refractivity contribution is 9.10. The number of halogens is 2. The van der Waals surface area contributed by atoms with Crippen LogP contribution >= 0.6 is 38.9 Å². The van der Waals surface area contributed by atoms with Gasteiger partial charge in [-0.05, 0) is 78.2 Å². The van der Waals surface area contributed by atoms with Crippen LogP contribution < -0.4 is 0 Å². The van der Waals surface area contributed by atoms with Gasteiger partial charge >= 0.3 is 0 Å². The van der Waals surface area contributed by atoms with Crippen LogP contribution in [0, 0.1) is 0 Å². The van der Waals surface area contributed by atoms with Crippen LogP contribution in [0.2, 0.25) is 5.02 Å². The van der Waals surface area contributed by atoms with E-state index in [4.69, 9.17) is 11.6 Å². The van der Waals surface area contributed by atoms with Gasteiger partial charge in [-0.25, -0.2) is 8.42 Å². The second kappa shape index (κ2) is 9.15. The summed E-state index contributed by atoms with van der Waals surface area (Å²) >= 11 is 11.1. The molecule has 0 N–H and O–H groups in total. The number of carbonyl (C=O) groups excluding carboxylic acids is 1. The molecule has 0 radical (unpaired) electrons. The number of carbonyl (C=O) groups is 1. The van der Waals surface area contributed by atoms with Crippen molar-refractivity contribution in [2.45, 2.75) is 36.2 Å². The van der Waals surface area contributed by atoms with E-state index in [0.29, 0.717) is 11.6 Å². The Morgan fingerprint density at radius 2 is 1.79 bits per heavy atom. The van der Waals surface area contributed by atoms with Crippen LogP contribution in [-0.2, 0) is 21.2 Å². The van der Waals surface area contributed by atoms with Crippen LogP contribution in [0.25, 0.3) is 0 Å². The Hall–Kier alpha value is -1.71. The van der Waals surface area contributed by atoms with Crippen LogP contribution in [0.15, 0.2) is 69.3 Å². The minimum absolute atomic E-state index is 0.127. The van der Waals surface area contributed by atoms with E-state index in [1.54, 1.807) is 35.6 Å². The topological polar surface area (TPSA) is 57.7 Å². The average Bonchev–Trinajstić information content (AvgIpc) is 3.53.